The number of nitrogens with zero attached hydrogens (tertiary/aromatic N) is 2. The highest BCUT2D eigenvalue weighted by molar-refractivity contribution is 6.05. The molecule has 1 aliphatic rings. The first-order valence-corrected chi connectivity index (χ1v) is 9.63. The number of primary amides is 1. The quantitative estimate of drug-likeness (QED) is 0.746. The van der Waals surface area contributed by atoms with E-state index in [2.05, 4.69) is 0 Å². The van der Waals surface area contributed by atoms with E-state index in [4.69, 9.17) is 10.7 Å². The fourth-order valence-corrected chi connectivity index (χ4v) is 3.89. The molecule has 1 fully saturated rings. The standard InChI is InChI=1S/C23H23N3O2/c24-23(28)19-14-21(25-20-9-5-4-8-18(19)20)17-12-13-26(15-17)22(27)11-10-16-6-2-1-3-7-16/h1-9,14,17H,10-13,15H2,(H2,24,28)/t17-/m1/s1. The molecule has 0 bridgehead atoms. The smallest absolute Gasteiger partial charge is 0.249 e. The summed E-state index contributed by atoms with van der Waals surface area (Å²) in [6.07, 6.45) is 2.11. The number of nitrogens with two attached hydrogens (primary N) is 1. The Morgan fingerprint density at radius 2 is 1.82 bits per heavy atom. The highest BCUT2D eigenvalue weighted by Gasteiger charge is 2.28. The van der Waals surface area contributed by atoms with Crippen molar-refractivity contribution < 1.29 is 9.59 Å². The van der Waals surface area contributed by atoms with Crippen LogP contribution in [0.5, 0.6) is 0 Å². The van der Waals surface area contributed by atoms with Crippen molar-refractivity contribution in [3.05, 3.63) is 77.5 Å². The molecule has 142 valence electrons. The molecule has 1 saturated heterocycles. The molecule has 28 heavy (non-hydrogen) atoms. The number of hydrogen-bond donors (Lipinski definition) is 1. The van der Waals surface area contributed by atoms with Crippen molar-refractivity contribution >= 4 is 22.7 Å². The predicted molar refractivity (Wildman–Crippen MR) is 109 cm³/mol. The lowest BCUT2D eigenvalue weighted by atomic mass is 9.99. The van der Waals surface area contributed by atoms with Crippen molar-refractivity contribution in [2.45, 2.75) is 25.2 Å². The van der Waals surface area contributed by atoms with Gasteiger partial charge in [-0.1, -0.05) is 48.5 Å². The van der Waals surface area contributed by atoms with Gasteiger partial charge in [0.1, 0.15) is 0 Å². The Morgan fingerprint density at radius 3 is 2.61 bits per heavy atom. The molecule has 1 aromatic heterocycles. The number of likely N-dealkylation sites (tertiary alicyclic amines) is 1. The Hall–Kier alpha value is -3.21. The second-order valence-corrected chi connectivity index (χ2v) is 7.29. The third kappa shape index (κ3) is 3.74. The van der Waals surface area contributed by atoms with Gasteiger partial charge in [-0.3, -0.25) is 14.6 Å². The first-order valence-electron chi connectivity index (χ1n) is 9.63. The SMILES string of the molecule is NC(=O)c1cc([C@@H]2CCN(C(=O)CCc3ccccc3)C2)nc2ccccc12. The molecular formula is C23H23N3O2. The van der Waals surface area contributed by atoms with E-state index in [1.165, 1.54) is 5.56 Å². The molecule has 2 amide bonds. The second kappa shape index (κ2) is 7.80. The first-order chi connectivity index (χ1) is 13.6. The van der Waals surface area contributed by atoms with Crippen LogP contribution >= 0.6 is 0 Å². The Labute approximate surface area is 164 Å². The van der Waals surface area contributed by atoms with Gasteiger partial charge in [-0.2, -0.15) is 0 Å². The summed E-state index contributed by atoms with van der Waals surface area (Å²) in [7, 11) is 0. The molecule has 0 radical (unpaired) electrons. The number of rotatable bonds is 5. The molecule has 5 nitrogen and oxygen atoms in total. The summed E-state index contributed by atoms with van der Waals surface area (Å²) in [6.45, 7) is 1.36. The number of pyridine rings is 1. The van der Waals surface area contributed by atoms with E-state index >= 15 is 0 Å². The van der Waals surface area contributed by atoms with Crippen LogP contribution in [0.2, 0.25) is 0 Å². The zero-order valence-corrected chi connectivity index (χ0v) is 15.7. The Kier molecular flexibility index (Phi) is 5.06. The number of fused-ring (bicyclic) bond motifs is 1. The number of amides is 2. The molecule has 1 atom stereocenters. The van der Waals surface area contributed by atoms with E-state index in [-0.39, 0.29) is 11.8 Å². The van der Waals surface area contributed by atoms with Gasteiger partial charge in [0.15, 0.2) is 0 Å². The molecule has 0 aliphatic carbocycles. The number of hydrogen-bond acceptors (Lipinski definition) is 3. The molecule has 5 heteroatoms. The minimum atomic E-state index is -0.450. The van der Waals surface area contributed by atoms with Gasteiger partial charge in [0, 0.05) is 36.5 Å². The van der Waals surface area contributed by atoms with Crippen LogP contribution in [0.1, 0.15) is 40.4 Å². The summed E-state index contributed by atoms with van der Waals surface area (Å²) < 4.78 is 0. The van der Waals surface area contributed by atoms with E-state index in [1.807, 2.05) is 59.5 Å². The topological polar surface area (TPSA) is 76.3 Å². The van der Waals surface area contributed by atoms with Gasteiger partial charge in [0.2, 0.25) is 11.8 Å². The molecule has 0 unspecified atom stereocenters. The number of benzene rings is 2. The van der Waals surface area contributed by atoms with Crippen molar-refractivity contribution in [3.8, 4) is 0 Å². The Balaban J connectivity index is 1.48. The van der Waals surface area contributed by atoms with E-state index in [0.29, 0.717) is 18.5 Å². The first kappa shape index (κ1) is 18.2. The van der Waals surface area contributed by atoms with Gasteiger partial charge in [-0.15, -0.1) is 0 Å². The van der Waals surface area contributed by atoms with Crippen LogP contribution in [0.25, 0.3) is 10.9 Å². The van der Waals surface area contributed by atoms with Crippen molar-refractivity contribution in [1.29, 1.82) is 0 Å². The van der Waals surface area contributed by atoms with Crippen LogP contribution in [-0.4, -0.2) is 34.8 Å². The fraction of sp³-hybridized carbons (Fsp3) is 0.261. The summed E-state index contributed by atoms with van der Waals surface area (Å²) in [5.74, 6) is -0.153. The number of aromatic nitrogens is 1. The molecular weight excluding hydrogens is 350 g/mol. The highest BCUT2D eigenvalue weighted by atomic mass is 16.2. The van der Waals surface area contributed by atoms with Crippen LogP contribution in [0.4, 0.5) is 0 Å². The molecule has 2 heterocycles. The predicted octanol–water partition coefficient (Wildman–Crippen LogP) is 3.28. The van der Waals surface area contributed by atoms with Crippen LogP contribution in [-0.2, 0) is 11.2 Å². The largest absolute Gasteiger partial charge is 0.366 e. The number of aryl methyl sites for hydroxylation is 1. The van der Waals surface area contributed by atoms with Crippen LogP contribution < -0.4 is 5.73 Å². The van der Waals surface area contributed by atoms with Crippen molar-refractivity contribution in [2.75, 3.05) is 13.1 Å². The maximum Gasteiger partial charge on any atom is 0.249 e. The zero-order chi connectivity index (χ0) is 19.5. The summed E-state index contributed by atoms with van der Waals surface area (Å²) in [6, 6.07) is 19.4. The van der Waals surface area contributed by atoms with Gasteiger partial charge in [0.25, 0.3) is 0 Å². The maximum atomic E-state index is 12.6. The zero-order valence-electron chi connectivity index (χ0n) is 15.7. The monoisotopic (exact) mass is 373 g/mol. The lowest BCUT2D eigenvalue weighted by Crippen LogP contribution is -2.28. The molecule has 1 aliphatic heterocycles. The van der Waals surface area contributed by atoms with Gasteiger partial charge >= 0.3 is 0 Å². The molecule has 0 spiro atoms. The lowest BCUT2D eigenvalue weighted by molar-refractivity contribution is -0.130. The van der Waals surface area contributed by atoms with Crippen LogP contribution in [0.3, 0.4) is 0 Å². The number of carbonyl (C=O) groups excluding carboxylic acids is 2. The summed E-state index contributed by atoms with van der Waals surface area (Å²) >= 11 is 0. The van der Waals surface area contributed by atoms with E-state index in [9.17, 15) is 9.59 Å². The molecule has 3 aromatic rings. The van der Waals surface area contributed by atoms with Gasteiger partial charge < -0.3 is 10.6 Å². The number of carbonyl (C=O) groups is 2. The van der Waals surface area contributed by atoms with Crippen molar-refractivity contribution in [1.82, 2.24) is 9.88 Å². The molecule has 2 N–H and O–H groups in total. The van der Waals surface area contributed by atoms with Crippen LogP contribution in [0, 0.1) is 0 Å². The molecule has 0 saturated carbocycles. The van der Waals surface area contributed by atoms with E-state index < -0.39 is 5.91 Å². The fourth-order valence-electron chi connectivity index (χ4n) is 3.89. The second-order valence-electron chi connectivity index (χ2n) is 7.29. The Morgan fingerprint density at radius 1 is 1.07 bits per heavy atom. The third-order valence-electron chi connectivity index (χ3n) is 5.43. The van der Waals surface area contributed by atoms with Gasteiger partial charge in [-0.05, 0) is 30.5 Å². The average Bonchev–Trinajstić information content (AvgIpc) is 3.22. The van der Waals surface area contributed by atoms with Gasteiger partial charge in [-0.25, -0.2) is 0 Å². The normalized spacial score (nSPS) is 16.4. The third-order valence-corrected chi connectivity index (χ3v) is 5.43. The minimum absolute atomic E-state index is 0.128. The highest BCUT2D eigenvalue weighted by Crippen LogP contribution is 2.29. The Bertz CT molecular complexity index is 1020. The minimum Gasteiger partial charge on any atom is -0.366 e. The lowest BCUT2D eigenvalue weighted by Gasteiger charge is -2.17. The molecule has 2 aromatic carbocycles. The summed E-state index contributed by atoms with van der Waals surface area (Å²) in [5, 5.41) is 0.771. The van der Waals surface area contributed by atoms with Crippen LogP contribution in [0.15, 0.2) is 60.7 Å². The van der Waals surface area contributed by atoms with Crippen molar-refractivity contribution in [2.24, 2.45) is 5.73 Å². The average molecular weight is 373 g/mol. The molecule has 4 rings (SSSR count). The summed E-state index contributed by atoms with van der Waals surface area (Å²) in [4.78, 5) is 31.2. The van der Waals surface area contributed by atoms with E-state index in [0.717, 1.165) is 36.0 Å². The maximum absolute atomic E-state index is 12.6. The van der Waals surface area contributed by atoms with Gasteiger partial charge in [0.05, 0.1) is 11.1 Å². The van der Waals surface area contributed by atoms with E-state index in [1.54, 1.807) is 6.07 Å². The summed E-state index contributed by atoms with van der Waals surface area (Å²) in [5.41, 5.74) is 8.86. The van der Waals surface area contributed by atoms with Crippen molar-refractivity contribution in [3.63, 3.8) is 0 Å². The number of para-hydroxylation sites is 1.